The van der Waals surface area contributed by atoms with E-state index in [2.05, 4.69) is 31.2 Å². The van der Waals surface area contributed by atoms with Gasteiger partial charge in [0.2, 0.25) is 0 Å². The van der Waals surface area contributed by atoms with E-state index in [1.54, 1.807) is 25.7 Å². The highest BCUT2D eigenvalue weighted by atomic mass is 32.1. The molecule has 0 aliphatic heterocycles. The summed E-state index contributed by atoms with van der Waals surface area (Å²) in [6, 6.07) is 15.3. The van der Waals surface area contributed by atoms with Gasteiger partial charge in [0.25, 0.3) is 0 Å². The minimum Gasteiger partial charge on any atom is -0.495 e. The molecular formula is C24H16FN5OS. The fourth-order valence-corrected chi connectivity index (χ4v) is 4.68. The molecule has 0 atom stereocenters. The maximum atomic E-state index is 13.6. The van der Waals surface area contributed by atoms with E-state index in [0.29, 0.717) is 11.4 Å². The van der Waals surface area contributed by atoms with E-state index < -0.39 is 0 Å². The second kappa shape index (κ2) is 7.28. The number of pyridine rings is 2. The smallest absolute Gasteiger partial charge is 0.176 e. The Bertz CT molecular complexity index is 1600. The summed E-state index contributed by atoms with van der Waals surface area (Å²) in [5.74, 6) is 0.683. The maximum Gasteiger partial charge on any atom is 0.176 e. The van der Waals surface area contributed by atoms with Gasteiger partial charge in [-0.25, -0.2) is 4.98 Å². The van der Waals surface area contributed by atoms with Crippen molar-refractivity contribution < 1.29 is 9.13 Å². The van der Waals surface area contributed by atoms with Gasteiger partial charge in [-0.2, -0.15) is 9.49 Å². The Labute approximate surface area is 185 Å². The molecule has 0 unspecified atom stereocenters. The van der Waals surface area contributed by atoms with E-state index >= 15 is 0 Å². The number of nitrogens with zero attached hydrogens (tertiary/aromatic N) is 3. The highest BCUT2D eigenvalue weighted by Crippen LogP contribution is 2.37. The second-order valence-corrected chi connectivity index (χ2v) is 8.39. The number of hydrogen-bond donors (Lipinski definition) is 2. The van der Waals surface area contributed by atoms with E-state index in [-0.39, 0.29) is 5.13 Å². The monoisotopic (exact) mass is 441 g/mol. The number of aromatic amines is 2. The van der Waals surface area contributed by atoms with E-state index in [4.69, 9.17) is 4.74 Å². The van der Waals surface area contributed by atoms with Gasteiger partial charge in [0.05, 0.1) is 19.0 Å². The highest BCUT2D eigenvalue weighted by molar-refractivity contribution is 7.14. The molecule has 156 valence electrons. The Balaban J connectivity index is 1.49. The first kappa shape index (κ1) is 18.7. The Morgan fingerprint density at radius 1 is 0.969 bits per heavy atom. The van der Waals surface area contributed by atoms with Crippen LogP contribution in [0.4, 0.5) is 4.39 Å². The van der Waals surface area contributed by atoms with Crippen LogP contribution in [-0.4, -0.2) is 32.3 Å². The summed E-state index contributed by atoms with van der Waals surface area (Å²) in [4.78, 5) is 13.1. The normalized spacial score (nSPS) is 11.4. The Hall–Kier alpha value is -4.04. The summed E-state index contributed by atoms with van der Waals surface area (Å²) in [5.41, 5.74) is 6.09. The van der Waals surface area contributed by atoms with Gasteiger partial charge in [-0.3, -0.25) is 10.1 Å². The molecular weight excluding hydrogens is 425 g/mol. The van der Waals surface area contributed by atoms with E-state index in [0.717, 1.165) is 60.6 Å². The fourth-order valence-electron chi connectivity index (χ4n) is 3.91. The maximum absolute atomic E-state index is 13.6. The highest BCUT2D eigenvalue weighted by Gasteiger charge is 2.16. The number of H-pyrrole nitrogens is 2. The van der Waals surface area contributed by atoms with Crippen LogP contribution in [-0.2, 0) is 0 Å². The van der Waals surface area contributed by atoms with Crippen LogP contribution in [0.25, 0.3) is 54.9 Å². The van der Waals surface area contributed by atoms with Crippen molar-refractivity contribution in [2.45, 2.75) is 0 Å². The molecule has 8 heteroatoms. The standard InChI is InChI=1S/C24H16FN5OS/c1-31-15-7-13(10-26-12-15)14-8-18-23(29-30-24(18)27-11-14)20-9-17-16(3-2-4-19(17)28-20)21-5-6-22(25)32-21/h2-12,28H,1H3,(H,27,29,30). The largest absolute Gasteiger partial charge is 0.495 e. The number of benzene rings is 1. The number of hydrogen-bond acceptors (Lipinski definition) is 5. The van der Waals surface area contributed by atoms with Gasteiger partial charge >= 0.3 is 0 Å². The number of fused-ring (bicyclic) bond motifs is 2. The third-order valence-corrected chi connectivity index (χ3v) is 6.36. The van der Waals surface area contributed by atoms with Gasteiger partial charge in [0.15, 0.2) is 10.8 Å². The van der Waals surface area contributed by atoms with Crippen LogP contribution in [0.5, 0.6) is 5.75 Å². The molecule has 0 aliphatic rings. The second-order valence-electron chi connectivity index (χ2n) is 7.36. The Morgan fingerprint density at radius 3 is 2.72 bits per heavy atom. The molecule has 0 amide bonds. The predicted molar refractivity (Wildman–Crippen MR) is 124 cm³/mol. The van der Waals surface area contributed by atoms with Gasteiger partial charge < -0.3 is 9.72 Å². The van der Waals surface area contributed by atoms with Crippen molar-refractivity contribution in [3.8, 4) is 38.7 Å². The van der Waals surface area contributed by atoms with Crippen molar-refractivity contribution in [1.82, 2.24) is 25.1 Å². The van der Waals surface area contributed by atoms with Crippen LogP contribution in [0.1, 0.15) is 0 Å². The quantitative estimate of drug-likeness (QED) is 0.349. The fraction of sp³-hybridized carbons (Fsp3) is 0.0417. The summed E-state index contributed by atoms with van der Waals surface area (Å²) >= 11 is 1.14. The molecule has 32 heavy (non-hydrogen) atoms. The Morgan fingerprint density at radius 2 is 1.88 bits per heavy atom. The predicted octanol–water partition coefficient (Wildman–Crippen LogP) is 6.04. The number of thiophene rings is 1. The number of methoxy groups -OCH3 is 1. The van der Waals surface area contributed by atoms with Crippen molar-refractivity contribution in [1.29, 1.82) is 0 Å². The average Bonchev–Trinajstić information content (AvgIpc) is 3.55. The van der Waals surface area contributed by atoms with Gasteiger partial charge in [-0.1, -0.05) is 12.1 Å². The average molecular weight is 441 g/mol. The molecule has 0 saturated heterocycles. The minimum absolute atomic E-state index is 0.198. The number of ether oxygens (including phenoxy) is 1. The van der Waals surface area contributed by atoms with Crippen LogP contribution in [0.15, 0.2) is 67.1 Å². The van der Waals surface area contributed by atoms with Crippen molar-refractivity contribution in [3.63, 3.8) is 0 Å². The SMILES string of the molecule is COc1cncc(-c2cnc3[nH]nc(-c4cc5c(-c6ccc(F)s6)cccc5[nH]4)c3c2)c1. The first-order valence-corrected chi connectivity index (χ1v) is 10.7. The van der Waals surface area contributed by atoms with E-state index in [1.807, 2.05) is 36.4 Å². The summed E-state index contributed by atoms with van der Waals surface area (Å²) in [5, 5.41) is 9.24. The van der Waals surface area contributed by atoms with Gasteiger partial charge in [-0.05, 0) is 36.4 Å². The van der Waals surface area contributed by atoms with Crippen LogP contribution < -0.4 is 4.74 Å². The molecule has 0 bridgehead atoms. The zero-order valence-corrected chi connectivity index (χ0v) is 17.7. The van der Waals surface area contributed by atoms with Crippen molar-refractivity contribution in [2.24, 2.45) is 0 Å². The van der Waals surface area contributed by atoms with Gasteiger partial charge in [0.1, 0.15) is 11.4 Å². The molecule has 0 radical (unpaired) electrons. The lowest BCUT2D eigenvalue weighted by Crippen LogP contribution is -1.87. The summed E-state index contributed by atoms with van der Waals surface area (Å²) in [6.45, 7) is 0. The summed E-state index contributed by atoms with van der Waals surface area (Å²) in [6.07, 6.45) is 5.23. The molecule has 6 rings (SSSR count). The third kappa shape index (κ3) is 3.04. The number of aromatic nitrogens is 5. The molecule has 0 aliphatic carbocycles. The van der Waals surface area contributed by atoms with Crippen LogP contribution in [0, 0.1) is 5.13 Å². The van der Waals surface area contributed by atoms with Crippen LogP contribution >= 0.6 is 11.3 Å². The topological polar surface area (TPSA) is 79.5 Å². The number of halogens is 1. The Kier molecular flexibility index (Phi) is 4.26. The molecule has 0 spiro atoms. The zero-order valence-electron chi connectivity index (χ0n) is 16.9. The first-order chi connectivity index (χ1) is 15.7. The molecule has 0 saturated carbocycles. The van der Waals surface area contributed by atoms with Crippen molar-refractivity contribution in [2.75, 3.05) is 7.11 Å². The minimum atomic E-state index is -0.198. The summed E-state index contributed by atoms with van der Waals surface area (Å²) < 4.78 is 18.9. The van der Waals surface area contributed by atoms with E-state index in [9.17, 15) is 4.39 Å². The third-order valence-electron chi connectivity index (χ3n) is 5.46. The molecule has 5 heterocycles. The van der Waals surface area contributed by atoms with Gasteiger partial charge in [-0.15, -0.1) is 11.3 Å². The molecule has 1 aromatic carbocycles. The number of rotatable bonds is 4. The molecule has 5 aromatic heterocycles. The number of nitrogens with one attached hydrogen (secondary N) is 2. The van der Waals surface area contributed by atoms with Crippen LogP contribution in [0.3, 0.4) is 0 Å². The van der Waals surface area contributed by atoms with Crippen LogP contribution in [0.2, 0.25) is 0 Å². The summed E-state index contributed by atoms with van der Waals surface area (Å²) in [7, 11) is 1.62. The van der Waals surface area contributed by atoms with Crippen molar-refractivity contribution >= 4 is 33.3 Å². The van der Waals surface area contributed by atoms with E-state index in [1.165, 1.54) is 6.07 Å². The van der Waals surface area contributed by atoms with Gasteiger partial charge in [0, 0.05) is 50.3 Å². The lowest BCUT2D eigenvalue weighted by molar-refractivity contribution is 0.413. The zero-order chi connectivity index (χ0) is 21.7. The molecule has 6 nitrogen and oxygen atoms in total. The molecule has 2 N–H and O–H groups in total. The first-order valence-electron chi connectivity index (χ1n) is 9.91. The molecule has 0 fully saturated rings. The lowest BCUT2D eigenvalue weighted by Gasteiger charge is -2.04. The molecule has 6 aromatic rings. The van der Waals surface area contributed by atoms with Crippen molar-refractivity contribution in [3.05, 3.63) is 72.3 Å². The lowest BCUT2D eigenvalue weighted by atomic mass is 10.1.